The van der Waals surface area contributed by atoms with E-state index in [1.807, 2.05) is 0 Å². The topological polar surface area (TPSA) is 12.0 Å². The van der Waals surface area contributed by atoms with Gasteiger partial charge in [-0.25, -0.2) is 0 Å². The quantitative estimate of drug-likeness (QED) is 0.729. The zero-order valence-electron chi connectivity index (χ0n) is 10.3. The van der Waals surface area contributed by atoms with Gasteiger partial charge in [-0.1, -0.05) is 18.5 Å². The highest BCUT2D eigenvalue weighted by Gasteiger charge is 2.60. The summed E-state index contributed by atoms with van der Waals surface area (Å²) in [5.41, 5.74) is 0. The second kappa shape index (κ2) is 6.53. The monoisotopic (exact) mass is 339 g/mol. The summed E-state index contributed by atoms with van der Waals surface area (Å²) < 4.78 is 76.9. The van der Waals surface area contributed by atoms with Crippen molar-refractivity contribution in [2.24, 2.45) is 5.92 Å². The van der Waals surface area contributed by atoms with Gasteiger partial charge in [-0.3, -0.25) is 0 Å². The Hall–Kier alpha value is -0.470. The van der Waals surface area contributed by atoms with Crippen LogP contribution < -0.4 is 5.32 Å². The van der Waals surface area contributed by atoms with Crippen molar-refractivity contribution in [3.05, 3.63) is 21.3 Å². The highest BCUT2D eigenvalue weighted by molar-refractivity contribution is 7.16. The number of rotatable bonds is 5. The number of halogens is 7. The van der Waals surface area contributed by atoms with E-state index in [2.05, 4.69) is 5.32 Å². The molecule has 0 aliphatic heterocycles. The molecule has 1 N–H and O–H groups in total. The Morgan fingerprint density at radius 3 is 2.05 bits per heavy atom. The van der Waals surface area contributed by atoms with E-state index in [0.717, 1.165) is 0 Å². The molecule has 1 unspecified atom stereocenters. The van der Waals surface area contributed by atoms with E-state index in [-0.39, 0.29) is 15.8 Å². The molecule has 1 atom stereocenters. The molecule has 0 saturated carbocycles. The first-order chi connectivity index (χ1) is 9.07. The van der Waals surface area contributed by atoms with Crippen LogP contribution in [-0.2, 0) is 0 Å². The summed E-state index contributed by atoms with van der Waals surface area (Å²) in [6.45, 7) is 1.70. The van der Waals surface area contributed by atoms with E-state index in [1.165, 1.54) is 12.1 Å². The predicted molar refractivity (Wildman–Crippen MR) is 66.0 cm³/mol. The summed E-state index contributed by atoms with van der Waals surface area (Å²) in [7, 11) is 0. The molecular weight excluding hydrogens is 328 g/mol. The van der Waals surface area contributed by atoms with Crippen LogP contribution in [0.1, 0.15) is 24.3 Å². The van der Waals surface area contributed by atoms with Crippen LogP contribution in [0.2, 0.25) is 4.34 Å². The van der Waals surface area contributed by atoms with Crippen LogP contribution in [0.3, 0.4) is 0 Å². The summed E-state index contributed by atoms with van der Waals surface area (Å²) in [6.07, 6.45) is -10.4. The van der Waals surface area contributed by atoms with Gasteiger partial charge in [0.05, 0.1) is 10.4 Å². The van der Waals surface area contributed by atoms with Crippen molar-refractivity contribution < 1.29 is 26.3 Å². The Kier molecular flexibility index (Phi) is 5.74. The SMILES string of the molecule is CCCNC(c1ccc(Cl)s1)C(C(F)(F)F)C(F)(F)F. The van der Waals surface area contributed by atoms with Crippen molar-refractivity contribution in [1.29, 1.82) is 0 Å². The molecule has 0 bridgehead atoms. The van der Waals surface area contributed by atoms with Gasteiger partial charge in [-0.15, -0.1) is 11.3 Å². The number of hydrogen-bond donors (Lipinski definition) is 1. The van der Waals surface area contributed by atoms with Gasteiger partial charge in [-0.2, -0.15) is 26.3 Å². The van der Waals surface area contributed by atoms with E-state index >= 15 is 0 Å². The molecule has 1 aromatic rings. The van der Waals surface area contributed by atoms with E-state index in [1.54, 1.807) is 6.92 Å². The molecule has 0 radical (unpaired) electrons. The first kappa shape index (κ1) is 17.6. The van der Waals surface area contributed by atoms with E-state index < -0.39 is 24.3 Å². The van der Waals surface area contributed by atoms with Gasteiger partial charge in [0.25, 0.3) is 0 Å². The van der Waals surface area contributed by atoms with Crippen LogP contribution in [0.4, 0.5) is 26.3 Å². The largest absolute Gasteiger partial charge is 0.402 e. The molecule has 9 heteroatoms. The molecule has 0 aliphatic carbocycles. The summed E-state index contributed by atoms with van der Waals surface area (Å²) in [5.74, 6) is -3.46. The third-order valence-electron chi connectivity index (χ3n) is 2.55. The maximum atomic E-state index is 12.8. The third kappa shape index (κ3) is 4.53. The molecule has 1 nitrogen and oxygen atoms in total. The van der Waals surface area contributed by atoms with Gasteiger partial charge in [0.2, 0.25) is 0 Å². The van der Waals surface area contributed by atoms with Crippen LogP contribution in [0.15, 0.2) is 12.1 Å². The fourth-order valence-electron chi connectivity index (χ4n) is 1.74. The van der Waals surface area contributed by atoms with Crippen LogP contribution >= 0.6 is 22.9 Å². The highest BCUT2D eigenvalue weighted by Crippen LogP contribution is 2.47. The Balaban J connectivity index is 3.18. The molecule has 0 aromatic carbocycles. The second-order valence-corrected chi connectivity index (χ2v) is 5.88. The average Bonchev–Trinajstić information content (AvgIpc) is 2.67. The fraction of sp³-hybridized carbons (Fsp3) is 0.636. The van der Waals surface area contributed by atoms with Crippen molar-refractivity contribution in [3.63, 3.8) is 0 Å². The lowest BCUT2D eigenvalue weighted by atomic mass is 9.96. The molecule has 20 heavy (non-hydrogen) atoms. The van der Waals surface area contributed by atoms with Crippen molar-refractivity contribution >= 4 is 22.9 Å². The van der Waals surface area contributed by atoms with E-state index in [9.17, 15) is 26.3 Å². The summed E-state index contributed by atoms with van der Waals surface area (Å²) >= 11 is 6.31. The van der Waals surface area contributed by atoms with Gasteiger partial charge in [0.1, 0.15) is 0 Å². The molecule has 0 amide bonds. The normalized spacial score (nSPS) is 14.8. The first-order valence-electron chi connectivity index (χ1n) is 5.69. The smallest absolute Gasteiger partial charge is 0.308 e. The highest BCUT2D eigenvalue weighted by atomic mass is 35.5. The van der Waals surface area contributed by atoms with Crippen molar-refractivity contribution in [2.45, 2.75) is 31.7 Å². The van der Waals surface area contributed by atoms with Crippen molar-refractivity contribution in [3.8, 4) is 0 Å². The summed E-state index contributed by atoms with van der Waals surface area (Å²) in [5, 5.41) is 2.32. The van der Waals surface area contributed by atoms with Gasteiger partial charge < -0.3 is 5.32 Å². The second-order valence-electron chi connectivity index (χ2n) is 4.13. The standard InChI is InChI=1S/C11H12ClF6NS/c1-2-5-19-8(6-3-4-7(12)20-6)9(10(13,14)15)11(16,17)18/h3-4,8-9,19H,2,5H2,1H3. The Bertz CT molecular complexity index is 413. The van der Waals surface area contributed by atoms with Crippen molar-refractivity contribution in [1.82, 2.24) is 5.32 Å². The van der Waals surface area contributed by atoms with Gasteiger partial charge in [0.15, 0.2) is 5.92 Å². The minimum Gasteiger partial charge on any atom is -0.308 e. The molecule has 116 valence electrons. The van der Waals surface area contributed by atoms with Crippen LogP contribution in [0, 0.1) is 5.92 Å². The summed E-state index contributed by atoms with van der Waals surface area (Å²) in [4.78, 5) is -0.0805. The lowest BCUT2D eigenvalue weighted by Gasteiger charge is -2.30. The van der Waals surface area contributed by atoms with Crippen molar-refractivity contribution in [2.75, 3.05) is 6.54 Å². The van der Waals surface area contributed by atoms with Crippen LogP contribution in [-0.4, -0.2) is 18.9 Å². The average molecular weight is 340 g/mol. The van der Waals surface area contributed by atoms with Crippen LogP contribution in [0.25, 0.3) is 0 Å². The predicted octanol–water partition coefficient (Wildman–Crippen LogP) is 5.18. The Labute approximate surface area is 120 Å². The van der Waals surface area contributed by atoms with Gasteiger partial charge in [-0.05, 0) is 25.1 Å². The van der Waals surface area contributed by atoms with Crippen LogP contribution in [0.5, 0.6) is 0 Å². The maximum absolute atomic E-state index is 12.8. The van der Waals surface area contributed by atoms with Gasteiger partial charge >= 0.3 is 12.4 Å². The minimum absolute atomic E-state index is 0.0445. The summed E-state index contributed by atoms with van der Waals surface area (Å²) in [6, 6.07) is 0.587. The van der Waals surface area contributed by atoms with E-state index in [0.29, 0.717) is 17.8 Å². The number of thiophene rings is 1. The molecule has 0 saturated heterocycles. The lowest BCUT2D eigenvalue weighted by Crippen LogP contribution is -2.45. The molecule has 1 rings (SSSR count). The number of nitrogens with one attached hydrogen (secondary N) is 1. The number of hydrogen-bond acceptors (Lipinski definition) is 2. The number of alkyl halides is 6. The Morgan fingerprint density at radius 2 is 1.70 bits per heavy atom. The molecule has 1 aromatic heterocycles. The molecule has 1 heterocycles. The zero-order valence-corrected chi connectivity index (χ0v) is 11.9. The molecular formula is C11H12ClF6NS. The maximum Gasteiger partial charge on any atom is 0.402 e. The minimum atomic E-state index is -5.39. The Morgan fingerprint density at radius 1 is 1.15 bits per heavy atom. The lowest BCUT2D eigenvalue weighted by molar-refractivity contribution is -0.292. The molecule has 0 spiro atoms. The zero-order chi connectivity index (χ0) is 15.6. The molecule has 0 fully saturated rings. The fourth-order valence-corrected chi connectivity index (χ4v) is 2.92. The third-order valence-corrected chi connectivity index (χ3v) is 3.87. The first-order valence-corrected chi connectivity index (χ1v) is 6.88. The van der Waals surface area contributed by atoms with Gasteiger partial charge in [0, 0.05) is 4.88 Å². The molecule has 0 aliphatic rings. The van der Waals surface area contributed by atoms with E-state index in [4.69, 9.17) is 11.6 Å².